The first-order chi connectivity index (χ1) is 16.9. The minimum atomic E-state index is -0.411. The van der Waals surface area contributed by atoms with Gasteiger partial charge in [-0.15, -0.1) is 16.8 Å². The number of benzene rings is 2. The van der Waals surface area contributed by atoms with Crippen molar-refractivity contribution in [2.75, 3.05) is 17.7 Å². The molecule has 0 aliphatic carbocycles. The number of allylic oxidation sites excluding steroid dienone is 1. The molecule has 0 aliphatic rings. The number of halogens is 1. The number of carbonyl (C=O) groups is 3. The van der Waals surface area contributed by atoms with Crippen LogP contribution in [0, 0.1) is 0 Å². The molecule has 182 valence electrons. The van der Waals surface area contributed by atoms with Crippen LogP contribution in [-0.2, 0) is 22.6 Å². The van der Waals surface area contributed by atoms with Gasteiger partial charge in [-0.3, -0.25) is 9.59 Å². The number of aromatic nitrogens is 3. The van der Waals surface area contributed by atoms with E-state index in [-0.39, 0.29) is 24.1 Å². The lowest BCUT2D eigenvalue weighted by molar-refractivity contribution is -0.113. The summed E-state index contributed by atoms with van der Waals surface area (Å²) >= 11 is 4.59. The van der Waals surface area contributed by atoms with Gasteiger partial charge >= 0.3 is 5.97 Å². The van der Waals surface area contributed by atoms with Gasteiger partial charge in [-0.1, -0.05) is 30.0 Å². The smallest absolute Gasteiger partial charge is 0.338 e. The van der Waals surface area contributed by atoms with E-state index in [1.807, 2.05) is 6.07 Å². The Morgan fingerprint density at radius 2 is 1.89 bits per heavy atom. The van der Waals surface area contributed by atoms with E-state index in [2.05, 4.69) is 43.3 Å². The molecule has 0 fully saturated rings. The van der Waals surface area contributed by atoms with Crippen LogP contribution < -0.4 is 10.6 Å². The van der Waals surface area contributed by atoms with Crippen molar-refractivity contribution in [1.82, 2.24) is 20.1 Å². The summed E-state index contributed by atoms with van der Waals surface area (Å²) < 4.78 is 7.44. The van der Waals surface area contributed by atoms with Crippen molar-refractivity contribution in [3.05, 3.63) is 82.6 Å². The van der Waals surface area contributed by atoms with Crippen LogP contribution in [0.25, 0.3) is 0 Å². The number of esters is 1. The maximum absolute atomic E-state index is 12.5. The van der Waals surface area contributed by atoms with Crippen LogP contribution >= 0.6 is 27.7 Å². The Bertz CT molecular complexity index is 1210. The maximum atomic E-state index is 12.5. The van der Waals surface area contributed by atoms with Gasteiger partial charge in [0.2, 0.25) is 5.91 Å². The summed E-state index contributed by atoms with van der Waals surface area (Å²) in [5.74, 6) is -0.254. The topological polar surface area (TPSA) is 115 Å². The monoisotopic (exact) mass is 557 g/mol. The molecule has 0 bridgehead atoms. The number of ether oxygens (including phenoxy) is 1. The molecule has 0 spiro atoms. The van der Waals surface area contributed by atoms with Crippen LogP contribution in [0.5, 0.6) is 0 Å². The van der Waals surface area contributed by atoms with E-state index >= 15 is 0 Å². The van der Waals surface area contributed by atoms with Crippen molar-refractivity contribution < 1.29 is 19.1 Å². The Kier molecular flexibility index (Phi) is 9.62. The van der Waals surface area contributed by atoms with Gasteiger partial charge in [0.1, 0.15) is 0 Å². The van der Waals surface area contributed by atoms with E-state index in [9.17, 15) is 14.4 Å². The molecule has 2 aromatic carbocycles. The van der Waals surface area contributed by atoms with Crippen molar-refractivity contribution in [2.24, 2.45) is 0 Å². The summed E-state index contributed by atoms with van der Waals surface area (Å²) in [5, 5.41) is 14.5. The molecule has 0 atom stereocenters. The highest BCUT2D eigenvalue weighted by molar-refractivity contribution is 9.10. The molecule has 2 amide bonds. The molecular weight excluding hydrogens is 534 g/mol. The van der Waals surface area contributed by atoms with Crippen molar-refractivity contribution >= 4 is 51.2 Å². The van der Waals surface area contributed by atoms with Crippen LogP contribution in [0.3, 0.4) is 0 Å². The van der Waals surface area contributed by atoms with Crippen LogP contribution in [0.2, 0.25) is 0 Å². The molecule has 0 saturated carbocycles. The molecule has 9 nitrogen and oxygen atoms in total. The van der Waals surface area contributed by atoms with Gasteiger partial charge in [0, 0.05) is 16.7 Å². The van der Waals surface area contributed by atoms with Crippen LogP contribution in [0.1, 0.15) is 33.5 Å². The summed E-state index contributed by atoms with van der Waals surface area (Å²) in [5.41, 5.74) is 1.49. The van der Waals surface area contributed by atoms with E-state index in [1.165, 1.54) is 11.8 Å². The molecule has 3 rings (SSSR count). The van der Waals surface area contributed by atoms with Gasteiger partial charge in [0.15, 0.2) is 11.0 Å². The number of hydrogen-bond donors (Lipinski definition) is 2. The molecule has 0 aliphatic heterocycles. The second kappa shape index (κ2) is 12.9. The fourth-order valence-corrected chi connectivity index (χ4v) is 4.23. The number of nitrogens with zero attached hydrogens (tertiary/aromatic N) is 3. The third kappa shape index (κ3) is 7.27. The van der Waals surface area contributed by atoms with Crippen LogP contribution in [0.4, 0.5) is 5.69 Å². The average Bonchev–Trinajstić information content (AvgIpc) is 3.23. The SMILES string of the molecule is C=CCn1c(CNC(=O)c2ccccc2Br)nnc1SCC(=O)Nc1ccc(C(=O)OCC)cc1. The first-order valence-corrected chi connectivity index (χ1v) is 12.5. The normalized spacial score (nSPS) is 10.5. The molecule has 0 saturated heterocycles. The lowest BCUT2D eigenvalue weighted by atomic mass is 10.2. The average molecular weight is 558 g/mol. The van der Waals surface area contributed by atoms with Gasteiger partial charge in [0.05, 0.1) is 30.0 Å². The number of hydrogen-bond acceptors (Lipinski definition) is 7. The Balaban J connectivity index is 1.57. The molecule has 1 heterocycles. The molecule has 2 N–H and O–H groups in total. The van der Waals surface area contributed by atoms with Crippen LogP contribution in [0.15, 0.2) is 70.8 Å². The fourth-order valence-electron chi connectivity index (χ4n) is 3.00. The molecule has 11 heteroatoms. The number of anilines is 1. The minimum Gasteiger partial charge on any atom is -0.462 e. The highest BCUT2D eigenvalue weighted by atomic mass is 79.9. The van der Waals surface area contributed by atoms with Crippen LogP contribution in [-0.4, -0.2) is 44.9 Å². The van der Waals surface area contributed by atoms with Gasteiger partial charge in [-0.05, 0) is 59.3 Å². The van der Waals surface area contributed by atoms with Crippen molar-refractivity contribution in [2.45, 2.75) is 25.2 Å². The number of amides is 2. The molecule has 3 aromatic rings. The first kappa shape index (κ1) is 26.2. The zero-order valence-electron chi connectivity index (χ0n) is 19.0. The largest absolute Gasteiger partial charge is 0.462 e. The Hall–Kier alpha value is -3.44. The zero-order chi connectivity index (χ0) is 25.2. The molecule has 0 unspecified atom stereocenters. The van der Waals surface area contributed by atoms with Crippen molar-refractivity contribution in [3.8, 4) is 0 Å². The summed E-state index contributed by atoms with van der Waals surface area (Å²) in [6.07, 6.45) is 1.69. The lowest BCUT2D eigenvalue weighted by Gasteiger charge is -2.10. The Labute approximate surface area is 215 Å². The Morgan fingerprint density at radius 1 is 1.14 bits per heavy atom. The van der Waals surface area contributed by atoms with E-state index in [1.54, 1.807) is 60.0 Å². The summed E-state index contributed by atoms with van der Waals surface area (Å²) in [6, 6.07) is 13.6. The number of carbonyl (C=O) groups excluding carboxylic acids is 3. The Morgan fingerprint density at radius 3 is 2.57 bits per heavy atom. The first-order valence-electron chi connectivity index (χ1n) is 10.7. The second-order valence-electron chi connectivity index (χ2n) is 7.10. The quantitative estimate of drug-likeness (QED) is 0.207. The summed E-state index contributed by atoms with van der Waals surface area (Å²) in [6.45, 7) is 6.39. The van der Waals surface area contributed by atoms with Crippen molar-refractivity contribution in [1.29, 1.82) is 0 Å². The molecular formula is C24H24BrN5O4S. The van der Waals surface area contributed by atoms with E-state index < -0.39 is 5.97 Å². The second-order valence-corrected chi connectivity index (χ2v) is 8.89. The molecule has 0 radical (unpaired) electrons. The predicted octanol–water partition coefficient (Wildman–Crippen LogP) is 4.06. The summed E-state index contributed by atoms with van der Waals surface area (Å²) in [4.78, 5) is 36.7. The summed E-state index contributed by atoms with van der Waals surface area (Å²) in [7, 11) is 0. The molecule has 1 aromatic heterocycles. The minimum absolute atomic E-state index is 0.0955. The predicted molar refractivity (Wildman–Crippen MR) is 137 cm³/mol. The van der Waals surface area contributed by atoms with Gasteiger partial charge in [-0.2, -0.15) is 0 Å². The van der Waals surface area contributed by atoms with E-state index in [4.69, 9.17) is 4.74 Å². The highest BCUT2D eigenvalue weighted by Gasteiger charge is 2.16. The zero-order valence-corrected chi connectivity index (χ0v) is 21.4. The van der Waals surface area contributed by atoms with Crippen molar-refractivity contribution in [3.63, 3.8) is 0 Å². The highest BCUT2D eigenvalue weighted by Crippen LogP contribution is 2.19. The third-order valence-corrected chi connectivity index (χ3v) is 6.30. The van der Waals surface area contributed by atoms with E-state index in [0.717, 1.165) is 0 Å². The van der Waals surface area contributed by atoms with Gasteiger partial charge < -0.3 is 19.9 Å². The standard InChI is InChI=1S/C24H24BrN5O4S/c1-3-13-30-20(14-26-22(32)18-7-5-6-8-19(18)25)28-29-24(30)35-15-21(31)27-17-11-9-16(10-12-17)23(33)34-4-2/h3,5-12H,1,4,13-15H2,2H3,(H,26,32)(H,27,31). The third-order valence-electron chi connectivity index (χ3n) is 4.64. The van der Waals surface area contributed by atoms with Gasteiger partial charge in [0.25, 0.3) is 5.91 Å². The van der Waals surface area contributed by atoms with Gasteiger partial charge in [-0.25, -0.2) is 4.79 Å². The maximum Gasteiger partial charge on any atom is 0.338 e. The number of rotatable bonds is 11. The fraction of sp³-hybridized carbons (Fsp3) is 0.208. The number of thioether (sulfide) groups is 1. The van der Waals surface area contributed by atoms with E-state index in [0.29, 0.717) is 45.4 Å². The molecule has 35 heavy (non-hydrogen) atoms. The number of nitrogens with one attached hydrogen (secondary N) is 2. The lowest BCUT2D eigenvalue weighted by Crippen LogP contribution is -2.25.